The van der Waals surface area contributed by atoms with Crippen LogP contribution in [0, 0.1) is 0 Å². The normalized spacial score (nSPS) is 10.9. The van der Waals surface area contributed by atoms with Crippen molar-refractivity contribution in [2.75, 3.05) is 5.75 Å². The number of para-hydroxylation sites is 1. The van der Waals surface area contributed by atoms with E-state index < -0.39 is 0 Å². The molecule has 0 saturated heterocycles. The molecule has 0 aliphatic rings. The zero-order chi connectivity index (χ0) is 21.5. The Labute approximate surface area is 185 Å². The molecule has 2 heterocycles. The Morgan fingerprint density at radius 2 is 1.84 bits per heavy atom. The van der Waals surface area contributed by atoms with E-state index in [0.29, 0.717) is 23.1 Å². The summed E-state index contributed by atoms with van der Waals surface area (Å²) in [6.45, 7) is 2.83. The quantitative estimate of drug-likeness (QED) is 0.258. The summed E-state index contributed by atoms with van der Waals surface area (Å²) in [5, 5.41) is 9.26. The van der Waals surface area contributed by atoms with Crippen molar-refractivity contribution < 1.29 is 13.9 Å². The highest BCUT2D eigenvalue weighted by Gasteiger charge is 2.17. The lowest BCUT2D eigenvalue weighted by molar-refractivity contribution is 0.102. The van der Waals surface area contributed by atoms with Crippen molar-refractivity contribution in [1.82, 2.24) is 14.8 Å². The van der Waals surface area contributed by atoms with Crippen LogP contribution in [0.15, 0.2) is 82.6 Å². The second kappa shape index (κ2) is 10.1. The van der Waals surface area contributed by atoms with Crippen LogP contribution < -0.4 is 4.74 Å². The fraction of sp³-hybridized carbons (Fsp3) is 0.208. The number of rotatable bonds is 10. The third-order valence-corrected chi connectivity index (χ3v) is 5.78. The van der Waals surface area contributed by atoms with Gasteiger partial charge in [0.05, 0.1) is 18.6 Å². The second-order valence-corrected chi connectivity index (χ2v) is 7.87. The van der Waals surface area contributed by atoms with E-state index in [-0.39, 0.29) is 18.1 Å². The molecule has 0 spiro atoms. The third kappa shape index (κ3) is 5.44. The summed E-state index contributed by atoms with van der Waals surface area (Å²) in [6.07, 6.45) is 2.59. The highest BCUT2D eigenvalue weighted by Crippen LogP contribution is 2.22. The zero-order valence-corrected chi connectivity index (χ0v) is 18.0. The van der Waals surface area contributed by atoms with Crippen LogP contribution >= 0.6 is 11.8 Å². The third-order valence-electron chi connectivity index (χ3n) is 4.82. The first-order valence-electron chi connectivity index (χ1n) is 10.1. The number of ketones is 1. The lowest BCUT2D eigenvalue weighted by Gasteiger charge is -2.10. The maximum absolute atomic E-state index is 12.6. The number of carbonyl (C=O) groups is 1. The molecule has 4 aromatic rings. The van der Waals surface area contributed by atoms with Crippen LogP contribution in [-0.4, -0.2) is 26.3 Å². The minimum Gasteiger partial charge on any atom is -0.486 e. The molecule has 0 amide bonds. The van der Waals surface area contributed by atoms with Crippen molar-refractivity contribution >= 4 is 17.5 Å². The van der Waals surface area contributed by atoms with Gasteiger partial charge in [-0.3, -0.25) is 9.36 Å². The second-order valence-electron chi connectivity index (χ2n) is 6.93. The highest BCUT2D eigenvalue weighted by atomic mass is 32.2. The summed E-state index contributed by atoms with van der Waals surface area (Å²) in [5.41, 5.74) is 1.92. The fourth-order valence-electron chi connectivity index (χ4n) is 3.05. The molecule has 158 valence electrons. The lowest BCUT2D eigenvalue weighted by Crippen LogP contribution is -2.10. The van der Waals surface area contributed by atoms with Gasteiger partial charge in [0.1, 0.15) is 18.1 Å². The molecule has 7 heteroatoms. The van der Waals surface area contributed by atoms with Gasteiger partial charge in [-0.25, -0.2) is 0 Å². The largest absolute Gasteiger partial charge is 0.486 e. The zero-order valence-electron chi connectivity index (χ0n) is 17.2. The molecule has 0 atom stereocenters. The molecule has 0 N–H and O–H groups in total. The maximum Gasteiger partial charge on any atom is 0.192 e. The molecular formula is C24H23N3O3S. The molecule has 2 aromatic heterocycles. The number of hydrogen-bond donors (Lipinski definition) is 0. The Morgan fingerprint density at radius 3 is 2.55 bits per heavy atom. The first-order valence-corrected chi connectivity index (χ1v) is 11.1. The summed E-state index contributed by atoms with van der Waals surface area (Å²) in [6, 6.07) is 21.1. The summed E-state index contributed by atoms with van der Waals surface area (Å²) < 4.78 is 13.3. The van der Waals surface area contributed by atoms with Gasteiger partial charge in [-0.2, -0.15) is 0 Å². The van der Waals surface area contributed by atoms with Crippen molar-refractivity contribution in [2.45, 2.75) is 31.7 Å². The van der Waals surface area contributed by atoms with Crippen LogP contribution in [0.5, 0.6) is 5.75 Å². The minimum absolute atomic E-state index is 0.0577. The molecular weight excluding hydrogens is 410 g/mol. The maximum atomic E-state index is 12.6. The van der Waals surface area contributed by atoms with E-state index in [0.717, 1.165) is 17.9 Å². The van der Waals surface area contributed by atoms with Gasteiger partial charge in [-0.15, -0.1) is 10.2 Å². The van der Waals surface area contributed by atoms with Gasteiger partial charge in [0.15, 0.2) is 16.8 Å². The number of hydrogen-bond acceptors (Lipinski definition) is 6. The fourth-order valence-corrected chi connectivity index (χ4v) is 3.91. The number of furan rings is 1. The Bertz CT molecular complexity index is 1110. The topological polar surface area (TPSA) is 70.2 Å². The molecule has 0 aliphatic heterocycles. The van der Waals surface area contributed by atoms with Gasteiger partial charge in [-0.1, -0.05) is 61.2 Å². The number of carbonyl (C=O) groups excluding carboxylic acids is 1. The number of Topliss-reactive ketones (excluding diaryl/α,β-unsaturated/α-hetero) is 1. The van der Waals surface area contributed by atoms with Crippen LogP contribution in [-0.2, 0) is 19.6 Å². The smallest absolute Gasteiger partial charge is 0.192 e. The molecule has 0 radical (unpaired) electrons. The Morgan fingerprint density at radius 1 is 1.03 bits per heavy atom. The van der Waals surface area contributed by atoms with Crippen LogP contribution in [0.25, 0.3) is 0 Å². The van der Waals surface area contributed by atoms with Gasteiger partial charge in [-0.05, 0) is 36.2 Å². The summed E-state index contributed by atoms with van der Waals surface area (Å²) >= 11 is 1.37. The lowest BCUT2D eigenvalue weighted by atomic mass is 10.1. The van der Waals surface area contributed by atoms with Gasteiger partial charge in [0.25, 0.3) is 0 Å². The van der Waals surface area contributed by atoms with Crippen LogP contribution in [0.1, 0.15) is 34.4 Å². The highest BCUT2D eigenvalue weighted by molar-refractivity contribution is 7.99. The van der Waals surface area contributed by atoms with E-state index in [1.54, 1.807) is 6.26 Å². The number of aromatic nitrogens is 3. The van der Waals surface area contributed by atoms with E-state index in [4.69, 9.17) is 9.15 Å². The standard InChI is InChI=1S/C24H23N3O3S/c1-2-18-10-12-19(13-11-18)22(28)17-31-24-26-25-23(16-30-20-7-4-3-5-8-20)27(24)15-21-9-6-14-29-21/h3-14H,2,15-17H2,1H3. The van der Waals surface area contributed by atoms with Crippen molar-refractivity contribution in [3.63, 3.8) is 0 Å². The van der Waals surface area contributed by atoms with E-state index in [2.05, 4.69) is 17.1 Å². The Hall–Kier alpha value is -3.32. The van der Waals surface area contributed by atoms with Gasteiger partial charge in [0.2, 0.25) is 0 Å². The molecule has 0 fully saturated rings. The van der Waals surface area contributed by atoms with Crippen molar-refractivity contribution in [2.24, 2.45) is 0 Å². The Balaban J connectivity index is 1.47. The molecule has 2 aromatic carbocycles. The number of ether oxygens (including phenoxy) is 1. The summed E-state index contributed by atoms with van der Waals surface area (Å²) in [4.78, 5) is 12.6. The first-order chi connectivity index (χ1) is 15.2. The van der Waals surface area contributed by atoms with Crippen LogP contribution in [0.3, 0.4) is 0 Å². The molecule has 4 rings (SSSR count). The average molecular weight is 434 g/mol. The van der Waals surface area contributed by atoms with E-state index >= 15 is 0 Å². The first kappa shape index (κ1) is 20.9. The molecule has 0 bridgehead atoms. The van der Waals surface area contributed by atoms with E-state index in [1.165, 1.54) is 17.3 Å². The molecule has 6 nitrogen and oxygen atoms in total. The molecule has 31 heavy (non-hydrogen) atoms. The number of thioether (sulfide) groups is 1. The average Bonchev–Trinajstić information content (AvgIpc) is 3.47. The Kier molecular flexibility index (Phi) is 6.84. The number of nitrogens with zero attached hydrogens (tertiary/aromatic N) is 3. The van der Waals surface area contributed by atoms with Crippen LogP contribution in [0.2, 0.25) is 0 Å². The monoisotopic (exact) mass is 433 g/mol. The van der Waals surface area contributed by atoms with Gasteiger partial charge >= 0.3 is 0 Å². The minimum atomic E-state index is 0.0577. The SMILES string of the molecule is CCc1ccc(C(=O)CSc2nnc(COc3ccccc3)n2Cc2ccco2)cc1. The van der Waals surface area contributed by atoms with Crippen molar-refractivity contribution in [3.05, 3.63) is 95.7 Å². The number of benzene rings is 2. The van der Waals surface area contributed by atoms with Crippen LogP contribution in [0.4, 0.5) is 0 Å². The number of aryl methyl sites for hydroxylation is 1. The van der Waals surface area contributed by atoms with E-state index in [9.17, 15) is 4.79 Å². The molecule has 0 saturated carbocycles. The summed E-state index contributed by atoms with van der Waals surface area (Å²) in [7, 11) is 0. The van der Waals surface area contributed by atoms with Gasteiger partial charge in [0, 0.05) is 5.56 Å². The summed E-state index contributed by atoms with van der Waals surface area (Å²) in [5.74, 6) is 2.55. The van der Waals surface area contributed by atoms with E-state index in [1.807, 2.05) is 71.3 Å². The van der Waals surface area contributed by atoms with Crippen molar-refractivity contribution in [1.29, 1.82) is 0 Å². The van der Waals surface area contributed by atoms with Gasteiger partial charge < -0.3 is 9.15 Å². The predicted octanol–water partition coefficient (Wildman–Crippen LogP) is 5.04. The molecule has 0 aliphatic carbocycles. The van der Waals surface area contributed by atoms with Crippen molar-refractivity contribution in [3.8, 4) is 5.75 Å². The predicted molar refractivity (Wildman–Crippen MR) is 119 cm³/mol. The molecule has 0 unspecified atom stereocenters.